The summed E-state index contributed by atoms with van der Waals surface area (Å²) in [7, 11) is 0. The number of nitrogens with two attached hydrogens (primary N) is 1. The minimum atomic E-state index is -0.662. The molecule has 0 unspecified atom stereocenters. The van der Waals surface area contributed by atoms with E-state index in [1.165, 1.54) is 6.20 Å². The summed E-state index contributed by atoms with van der Waals surface area (Å²) in [6, 6.07) is 2.86. The van der Waals surface area contributed by atoms with Gasteiger partial charge in [-0.05, 0) is 6.07 Å². The summed E-state index contributed by atoms with van der Waals surface area (Å²) in [5, 5.41) is 8.89. The molecule has 1 aromatic heterocycles. The second-order valence-corrected chi connectivity index (χ2v) is 2.41. The van der Waals surface area contributed by atoms with E-state index in [4.69, 9.17) is 22.6 Å². The fourth-order valence-electron chi connectivity index (χ4n) is 0.708. The predicted molar refractivity (Wildman–Crippen MR) is 41.8 cm³/mol. The van der Waals surface area contributed by atoms with E-state index in [0.29, 0.717) is 10.6 Å². The summed E-state index contributed by atoms with van der Waals surface area (Å²) < 4.78 is 0. The van der Waals surface area contributed by atoms with E-state index >= 15 is 0 Å². The van der Waals surface area contributed by atoms with Crippen molar-refractivity contribution in [1.29, 1.82) is 5.26 Å². The molecule has 0 spiro atoms. The van der Waals surface area contributed by atoms with Crippen molar-refractivity contribution >= 4 is 11.6 Å². The van der Waals surface area contributed by atoms with Crippen LogP contribution < -0.4 is 5.73 Å². The Bertz CT molecular complexity index is 292. The number of hydrogen-bond donors (Lipinski definition) is 1. The first-order chi connectivity index (χ1) is 5.25. The quantitative estimate of drug-likeness (QED) is 0.685. The number of aromatic nitrogens is 1. The van der Waals surface area contributed by atoms with E-state index in [1.807, 2.05) is 6.07 Å². The molecule has 3 nitrogen and oxygen atoms in total. The number of nitrogens with zero attached hydrogens (tertiary/aromatic N) is 2. The third kappa shape index (κ3) is 1.67. The Hall–Kier alpha value is -1.11. The molecule has 0 bridgehead atoms. The van der Waals surface area contributed by atoms with Crippen LogP contribution in [0.1, 0.15) is 11.6 Å². The maximum Gasteiger partial charge on any atom is 0.120 e. The maximum atomic E-state index is 8.46. The SMILES string of the molecule is N#C[C@H](N)c1ccncc1Cl. The van der Waals surface area contributed by atoms with Crippen molar-refractivity contribution in [3.05, 3.63) is 29.0 Å². The minimum absolute atomic E-state index is 0.432. The van der Waals surface area contributed by atoms with Gasteiger partial charge in [0, 0.05) is 18.0 Å². The van der Waals surface area contributed by atoms with Gasteiger partial charge in [-0.3, -0.25) is 4.98 Å². The molecule has 4 heteroatoms. The molecule has 0 amide bonds. The summed E-state index contributed by atoms with van der Waals surface area (Å²) in [5.74, 6) is 0. The first-order valence-electron chi connectivity index (χ1n) is 3.00. The van der Waals surface area contributed by atoms with Crippen LogP contribution in [0.2, 0.25) is 5.02 Å². The Morgan fingerprint density at radius 2 is 2.45 bits per heavy atom. The lowest BCUT2D eigenvalue weighted by molar-refractivity contribution is 0.921. The lowest BCUT2D eigenvalue weighted by Gasteiger charge is -2.02. The van der Waals surface area contributed by atoms with Crippen LogP contribution in [0.25, 0.3) is 0 Å². The van der Waals surface area contributed by atoms with Crippen LogP contribution >= 0.6 is 11.6 Å². The van der Waals surface area contributed by atoms with Gasteiger partial charge < -0.3 is 5.73 Å². The van der Waals surface area contributed by atoms with Gasteiger partial charge in [-0.2, -0.15) is 5.26 Å². The highest BCUT2D eigenvalue weighted by atomic mass is 35.5. The Morgan fingerprint density at radius 1 is 1.73 bits per heavy atom. The summed E-state index contributed by atoms with van der Waals surface area (Å²) in [5.41, 5.74) is 6.04. The highest BCUT2D eigenvalue weighted by Gasteiger charge is 2.07. The van der Waals surface area contributed by atoms with Crippen molar-refractivity contribution < 1.29 is 0 Å². The van der Waals surface area contributed by atoms with Gasteiger partial charge in [0.15, 0.2) is 0 Å². The fraction of sp³-hybridized carbons (Fsp3) is 0.143. The summed E-state index contributed by atoms with van der Waals surface area (Å²) in [4.78, 5) is 3.76. The van der Waals surface area contributed by atoms with E-state index in [-0.39, 0.29) is 0 Å². The van der Waals surface area contributed by atoms with E-state index in [1.54, 1.807) is 12.3 Å². The number of hydrogen-bond acceptors (Lipinski definition) is 3. The average Bonchev–Trinajstić information content (AvgIpc) is 2.04. The second-order valence-electron chi connectivity index (χ2n) is 2.00. The first-order valence-corrected chi connectivity index (χ1v) is 3.38. The third-order valence-electron chi connectivity index (χ3n) is 1.28. The Labute approximate surface area is 69.4 Å². The molecule has 1 atom stereocenters. The van der Waals surface area contributed by atoms with Gasteiger partial charge in [-0.15, -0.1) is 0 Å². The standard InChI is InChI=1S/C7H6ClN3/c8-6-4-11-2-1-5(6)7(10)3-9/h1-2,4,7H,10H2/t7-/m0/s1. The van der Waals surface area contributed by atoms with Crippen LogP contribution in [-0.4, -0.2) is 4.98 Å². The molecule has 1 heterocycles. The van der Waals surface area contributed by atoms with E-state index in [0.717, 1.165) is 0 Å². The van der Waals surface area contributed by atoms with Crippen LogP contribution in [0, 0.1) is 11.3 Å². The van der Waals surface area contributed by atoms with Crippen LogP contribution in [0.15, 0.2) is 18.5 Å². The minimum Gasteiger partial charge on any atom is -0.312 e. The van der Waals surface area contributed by atoms with Gasteiger partial charge in [0.1, 0.15) is 6.04 Å². The van der Waals surface area contributed by atoms with Crippen LogP contribution in [0.3, 0.4) is 0 Å². The zero-order valence-electron chi connectivity index (χ0n) is 5.66. The molecule has 0 aliphatic heterocycles. The zero-order valence-corrected chi connectivity index (χ0v) is 6.42. The lowest BCUT2D eigenvalue weighted by atomic mass is 10.1. The normalized spacial score (nSPS) is 12.1. The highest BCUT2D eigenvalue weighted by molar-refractivity contribution is 6.31. The van der Waals surface area contributed by atoms with Crippen molar-refractivity contribution in [1.82, 2.24) is 4.98 Å². The van der Waals surface area contributed by atoms with Gasteiger partial charge in [0.25, 0.3) is 0 Å². The van der Waals surface area contributed by atoms with Gasteiger partial charge in [-0.1, -0.05) is 11.6 Å². The number of nitriles is 1. The van der Waals surface area contributed by atoms with Crippen molar-refractivity contribution in [3.8, 4) is 6.07 Å². The number of rotatable bonds is 1. The number of pyridine rings is 1. The Kier molecular flexibility index (Phi) is 2.42. The molecule has 0 aliphatic carbocycles. The van der Waals surface area contributed by atoms with Crippen LogP contribution in [0.4, 0.5) is 0 Å². The monoisotopic (exact) mass is 167 g/mol. The maximum absolute atomic E-state index is 8.46. The summed E-state index contributed by atoms with van der Waals surface area (Å²) in [6.45, 7) is 0. The van der Waals surface area contributed by atoms with Gasteiger partial charge >= 0.3 is 0 Å². The number of halogens is 1. The smallest absolute Gasteiger partial charge is 0.120 e. The molecule has 0 saturated carbocycles. The Morgan fingerprint density at radius 3 is 3.00 bits per heavy atom. The molecule has 0 fully saturated rings. The predicted octanol–water partition coefficient (Wildman–Crippen LogP) is 1.26. The molecule has 0 saturated heterocycles. The zero-order chi connectivity index (χ0) is 8.27. The molecule has 1 rings (SSSR count). The van der Waals surface area contributed by atoms with Crippen molar-refractivity contribution in [2.75, 3.05) is 0 Å². The second kappa shape index (κ2) is 3.33. The van der Waals surface area contributed by atoms with Crippen LogP contribution in [-0.2, 0) is 0 Å². The molecular formula is C7H6ClN3. The van der Waals surface area contributed by atoms with Crippen molar-refractivity contribution in [2.24, 2.45) is 5.73 Å². The summed E-state index contributed by atoms with van der Waals surface area (Å²) >= 11 is 5.70. The topological polar surface area (TPSA) is 62.7 Å². The van der Waals surface area contributed by atoms with Gasteiger partial charge in [0.2, 0.25) is 0 Å². The molecule has 2 N–H and O–H groups in total. The van der Waals surface area contributed by atoms with E-state index < -0.39 is 6.04 Å². The lowest BCUT2D eigenvalue weighted by Crippen LogP contribution is -2.07. The van der Waals surface area contributed by atoms with E-state index in [2.05, 4.69) is 4.98 Å². The molecule has 0 aromatic carbocycles. The molecule has 1 aromatic rings. The van der Waals surface area contributed by atoms with E-state index in [9.17, 15) is 0 Å². The van der Waals surface area contributed by atoms with Crippen LogP contribution in [0.5, 0.6) is 0 Å². The van der Waals surface area contributed by atoms with Gasteiger partial charge in [-0.25, -0.2) is 0 Å². The van der Waals surface area contributed by atoms with Crippen molar-refractivity contribution in [3.63, 3.8) is 0 Å². The Balaban J connectivity index is 3.05. The third-order valence-corrected chi connectivity index (χ3v) is 1.59. The molecule has 0 aliphatic rings. The molecule has 0 radical (unpaired) electrons. The fourth-order valence-corrected chi connectivity index (χ4v) is 0.945. The first kappa shape index (κ1) is 7.99. The highest BCUT2D eigenvalue weighted by Crippen LogP contribution is 2.18. The largest absolute Gasteiger partial charge is 0.312 e. The molecular weight excluding hydrogens is 162 g/mol. The van der Waals surface area contributed by atoms with Gasteiger partial charge in [0.05, 0.1) is 11.1 Å². The average molecular weight is 168 g/mol. The molecule has 11 heavy (non-hydrogen) atoms. The summed E-state index contributed by atoms with van der Waals surface area (Å²) in [6.07, 6.45) is 3.02. The van der Waals surface area contributed by atoms with Crippen molar-refractivity contribution in [2.45, 2.75) is 6.04 Å². The molecule has 56 valence electrons.